The molecule has 0 amide bonds. The van der Waals surface area contributed by atoms with Crippen LogP contribution >= 0.6 is 11.8 Å². The average molecular weight is 427 g/mol. The molecule has 0 aliphatic heterocycles. The lowest BCUT2D eigenvalue weighted by atomic mass is 10.2. The van der Waals surface area contributed by atoms with Crippen LogP contribution in [0, 0.1) is 6.92 Å². The Balaban J connectivity index is 1.58. The Morgan fingerprint density at radius 2 is 1.86 bits per heavy atom. The van der Waals surface area contributed by atoms with Gasteiger partial charge in [0.25, 0.3) is 10.0 Å². The number of aryl methyl sites for hydroxylation is 2. The fourth-order valence-corrected chi connectivity index (χ4v) is 4.73. The van der Waals surface area contributed by atoms with Crippen molar-refractivity contribution < 1.29 is 12.8 Å². The Morgan fingerprint density at radius 1 is 1.10 bits per heavy atom. The van der Waals surface area contributed by atoms with Crippen LogP contribution in [0.1, 0.15) is 5.89 Å². The fraction of sp³-hybridized carbons (Fsp3) is 0.100. The highest BCUT2D eigenvalue weighted by atomic mass is 32.2. The Morgan fingerprint density at radius 3 is 2.52 bits per heavy atom. The van der Waals surface area contributed by atoms with Crippen LogP contribution in [0.4, 0.5) is 5.69 Å². The molecule has 2 heterocycles. The number of benzene rings is 2. The number of nitrogens with one attached hydrogen (secondary N) is 1. The minimum absolute atomic E-state index is 0.165. The SMILES string of the molecule is Cc1nc(-c2ccc(S(=O)(=O)Nc3ccccc3Sc3nccn3C)cc2)co1. The number of oxazole rings is 1. The van der Waals surface area contributed by atoms with Gasteiger partial charge < -0.3 is 8.98 Å². The Hall–Kier alpha value is -3.04. The minimum Gasteiger partial charge on any atom is -0.449 e. The zero-order valence-electron chi connectivity index (χ0n) is 15.7. The van der Waals surface area contributed by atoms with Crippen LogP contribution in [0.15, 0.2) is 86.6 Å². The van der Waals surface area contributed by atoms with Crippen molar-refractivity contribution in [2.45, 2.75) is 21.9 Å². The van der Waals surface area contributed by atoms with E-state index in [4.69, 9.17) is 4.42 Å². The van der Waals surface area contributed by atoms with Gasteiger partial charge in [0, 0.05) is 36.8 Å². The van der Waals surface area contributed by atoms with Crippen molar-refractivity contribution >= 4 is 27.5 Å². The lowest BCUT2D eigenvalue weighted by Crippen LogP contribution is -2.13. The van der Waals surface area contributed by atoms with Crippen molar-refractivity contribution in [2.24, 2.45) is 7.05 Å². The van der Waals surface area contributed by atoms with Crippen LogP contribution in [-0.4, -0.2) is 23.0 Å². The summed E-state index contributed by atoms with van der Waals surface area (Å²) in [4.78, 5) is 9.46. The van der Waals surface area contributed by atoms with Gasteiger partial charge in [-0.3, -0.25) is 4.72 Å². The molecule has 2 aromatic heterocycles. The summed E-state index contributed by atoms with van der Waals surface area (Å²) in [6.45, 7) is 1.76. The normalized spacial score (nSPS) is 11.5. The summed E-state index contributed by atoms with van der Waals surface area (Å²) in [6.07, 6.45) is 5.09. The van der Waals surface area contributed by atoms with Crippen molar-refractivity contribution in [3.8, 4) is 11.3 Å². The van der Waals surface area contributed by atoms with Gasteiger partial charge in [-0.15, -0.1) is 0 Å². The highest BCUT2D eigenvalue weighted by Gasteiger charge is 2.17. The van der Waals surface area contributed by atoms with Crippen LogP contribution in [-0.2, 0) is 17.1 Å². The first-order valence-corrected chi connectivity index (χ1v) is 11.0. The van der Waals surface area contributed by atoms with Gasteiger partial charge in [-0.25, -0.2) is 18.4 Å². The smallest absolute Gasteiger partial charge is 0.261 e. The number of imidazole rings is 1. The first-order chi connectivity index (χ1) is 13.9. The Bertz CT molecular complexity index is 1240. The summed E-state index contributed by atoms with van der Waals surface area (Å²) in [6, 6.07) is 13.8. The van der Waals surface area contributed by atoms with E-state index in [1.165, 1.54) is 11.8 Å². The average Bonchev–Trinajstić information content (AvgIpc) is 3.32. The Kier molecular flexibility index (Phi) is 5.16. The minimum atomic E-state index is -3.75. The molecule has 0 saturated carbocycles. The second-order valence-corrected chi connectivity index (χ2v) is 8.99. The molecule has 4 rings (SSSR count). The molecule has 7 nitrogen and oxygen atoms in total. The number of para-hydroxylation sites is 1. The molecule has 0 spiro atoms. The van der Waals surface area contributed by atoms with Crippen LogP contribution in [0.2, 0.25) is 0 Å². The van der Waals surface area contributed by atoms with Gasteiger partial charge in [0.05, 0.1) is 10.6 Å². The lowest BCUT2D eigenvalue weighted by Gasteiger charge is -2.12. The van der Waals surface area contributed by atoms with Crippen molar-refractivity contribution in [3.63, 3.8) is 0 Å². The standard InChI is InChI=1S/C20H18N4O3S2/c1-14-22-18(13-27-14)15-7-9-16(10-8-15)29(25,26)23-17-5-3-4-6-19(17)28-20-21-11-12-24(20)2/h3-13,23H,1-2H3. The molecule has 0 aliphatic carbocycles. The van der Waals surface area contributed by atoms with E-state index in [0.717, 1.165) is 15.6 Å². The first-order valence-electron chi connectivity index (χ1n) is 8.72. The molecule has 29 heavy (non-hydrogen) atoms. The predicted octanol–water partition coefficient (Wildman–Crippen LogP) is 4.34. The Labute approximate surface area is 172 Å². The second kappa shape index (κ2) is 7.76. The monoisotopic (exact) mass is 426 g/mol. The molecule has 0 fully saturated rings. The molecule has 0 unspecified atom stereocenters. The van der Waals surface area contributed by atoms with Crippen molar-refractivity contribution in [3.05, 3.63) is 73.1 Å². The molecule has 1 N–H and O–H groups in total. The zero-order valence-corrected chi connectivity index (χ0v) is 17.4. The number of aromatic nitrogens is 3. The number of sulfonamides is 1. The summed E-state index contributed by atoms with van der Waals surface area (Å²) < 4.78 is 35.6. The highest BCUT2D eigenvalue weighted by Crippen LogP contribution is 2.33. The highest BCUT2D eigenvalue weighted by molar-refractivity contribution is 7.99. The van der Waals surface area contributed by atoms with Gasteiger partial charge in [-0.1, -0.05) is 24.3 Å². The van der Waals surface area contributed by atoms with E-state index in [0.29, 0.717) is 17.3 Å². The number of hydrogen-bond acceptors (Lipinski definition) is 6. The van der Waals surface area contributed by atoms with Crippen molar-refractivity contribution in [1.29, 1.82) is 0 Å². The van der Waals surface area contributed by atoms with Gasteiger partial charge in [0.1, 0.15) is 12.0 Å². The fourth-order valence-electron chi connectivity index (χ4n) is 2.69. The van der Waals surface area contributed by atoms with E-state index >= 15 is 0 Å². The van der Waals surface area contributed by atoms with Crippen LogP contribution in [0.25, 0.3) is 11.3 Å². The van der Waals surface area contributed by atoms with Gasteiger partial charge >= 0.3 is 0 Å². The molecule has 0 bridgehead atoms. The molecule has 0 aliphatic rings. The van der Waals surface area contributed by atoms with Gasteiger partial charge in [0.15, 0.2) is 11.0 Å². The summed E-state index contributed by atoms with van der Waals surface area (Å²) in [5, 5.41) is 0.768. The third-order valence-corrected chi connectivity index (χ3v) is 6.72. The zero-order chi connectivity index (χ0) is 20.4. The van der Waals surface area contributed by atoms with Crippen molar-refractivity contribution in [1.82, 2.24) is 14.5 Å². The van der Waals surface area contributed by atoms with Crippen LogP contribution < -0.4 is 4.72 Å². The summed E-state index contributed by atoms with van der Waals surface area (Å²) >= 11 is 1.39. The maximum atomic E-state index is 12.9. The molecule has 0 atom stereocenters. The summed E-state index contributed by atoms with van der Waals surface area (Å²) in [5.74, 6) is 0.556. The number of nitrogens with zero attached hydrogens (tertiary/aromatic N) is 3. The quantitative estimate of drug-likeness (QED) is 0.493. The van der Waals surface area contributed by atoms with Crippen LogP contribution in [0.3, 0.4) is 0 Å². The molecule has 148 valence electrons. The summed E-state index contributed by atoms with van der Waals surface area (Å²) in [7, 11) is -1.86. The molecular weight excluding hydrogens is 408 g/mol. The second-order valence-electron chi connectivity index (χ2n) is 6.30. The van der Waals surface area contributed by atoms with E-state index in [-0.39, 0.29) is 4.90 Å². The molecular formula is C20H18N4O3S2. The number of rotatable bonds is 6. The number of hydrogen-bond donors (Lipinski definition) is 1. The summed E-state index contributed by atoms with van der Waals surface area (Å²) in [5.41, 5.74) is 1.94. The van der Waals surface area contributed by atoms with Gasteiger partial charge in [-0.2, -0.15) is 0 Å². The maximum Gasteiger partial charge on any atom is 0.261 e. The first kappa shape index (κ1) is 19.3. The lowest BCUT2D eigenvalue weighted by molar-refractivity contribution is 0.521. The van der Waals surface area contributed by atoms with Gasteiger partial charge in [0.2, 0.25) is 0 Å². The van der Waals surface area contributed by atoms with E-state index in [1.807, 2.05) is 29.9 Å². The van der Waals surface area contributed by atoms with E-state index in [2.05, 4.69) is 14.7 Å². The number of anilines is 1. The molecule has 0 saturated heterocycles. The van der Waals surface area contributed by atoms with Crippen LogP contribution in [0.5, 0.6) is 0 Å². The predicted molar refractivity (Wildman–Crippen MR) is 111 cm³/mol. The van der Waals surface area contributed by atoms with E-state index < -0.39 is 10.0 Å². The molecule has 4 aromatic rings. The van der Waals surface area contributed by atoms with Gasteiger partial charge in [-0.05, 0) is 36.0 Å². The molecule has 9 heteroatoms. The van der Waals surface area contributed by atoms with E-state index in [1.54, 1.807) is 55.8 Å². The topological polar surface area (TPSA) is 90.0 Å². The third kappa shape index (κ3) is 4.20. The molecule has 2 aromatic carbocycles. The molecule has 0 radical (unpaired) electrons. The van der Waals surface area contributed by atoms with Crippen molar-refractivity contribution in [2.75, 3.05) is 4.72 Å². The maximum absolute atomic E-state index is 12.9. The third-order valence-electron chi connectivity index (χ3n) is 4.19. The van der Waals surface area contributed by atoms with E-state index in [9.17, 15) is 8.42 Å². The largest absolute Gasteiger partial charge is 0.449 e.